The van der Waals surface area contributed by atoms with Gasteiger partial charge in [0.1, 0.15) is 11.6 Å². The highest BCUT2D eigenvalue weighted by molar-refractivity contribution is 5.98. The molecule has 1 aromatic rings. The maximum Gasteiger partial charge on any atom is 0.409 e. The quantitative estimate of drug-likeness (QED) is 0.674. The molecule has 0 radical (unpaired) electrons. The first-order valence-corrected chi connectivity index (χ1v) is 12.1. The van der Waals surface area contributed by atoms with E-state index >= 15 is 0 Å². The van der Waals surface area contributed by atoms with E-state index in [4.69, 9.17) is 4.74 Å². The molecule has 1 aromatic carbocycles. The van der Waals surface area contributed by atoms with Gasteiger partial charge in [0.2, 0.25) is 5.91 Å². The second kappa shape index (κ2) is 9.79. The second-order valence-electron chi connectivity index (χ2n) is 9.58. The van der Waals surface area contributed by atoms with E-state index in [1.807, 2.05) is 6.92 Å². The molecule has 0 aliphatic carbocycles. The summed E-state index contributed by atoms with van der Waals surface area (Å²) < 4.78 is 19.3. The zero-order valence-corrected chi connectivity index (χ0v) is 19.6. The number of anilines is 1. The molecule has 3 aliphatic rings. The number of fused-ring (bicyclic) bond motifs is 2. The zero-order chi connectivity index (χ0) is 23.6. The minimum absolute atomic E-state index is 0.00102. The highest BCUT2D eigenvalue weighted by atomic mass is 19.1. The van der Waals surface area contributed by atoms with E-state index in [-0.39, 0.29) is 41.9 Å². The summed E-state index contributed by atoms with van der Waals surface area (Å²) in [7, 11) is 0. The molecule has 3 aliphatic heterocycles. The third kappa shape index (κ3) is 4.90. The van der Waals surface area contributed by atoms with E-state index < -0.39 is 0 Å². The van der Waals surface area contributed by atoms with Crippen LogP contribution in [0, 0.1) is 5.82 Å². The second-order valence-corrected chi connectivity index (χ2v) is 9.58. The summed E-state index contributed by atoms with van der Waals surface area (Å²) >= 11 is 0. The lowest BCUT2D eigenvalue weighted by molar-refractivity contribution is -0.123. The molecule has 2 amide bonds. The molecule has 0 N–H and O–H groups in total. The van der Waals surface area contributed by atoms with Crippen molar-refractivity contribution in [1.82, 2.24) is 9.80 Å². The average molecular weight is 460 g/mol. The van der Waals surface area contributed by atoms with Crippen molar-refractivity contribution < 1.29 is 23.5 Å². The van der Waals surface area contributed by atoms with E-state index in [2.05, 4.69) is 4.90 Å². The van der Waals surface area contributed by atoms with Gasteiger partial charge in [0.15, 0.2) is 0 Å². The van der Waals surface area contributed by atoms with Gasteiger partial charge in [-0.15, -0.1) is 0 Å². The largest absolute Gasteiger partial charge is 0.450 e. The minimum atomic E-state index is -0.278. The van der Waals surface area contributed by atoms with Crippen LogP contribution in [-0.2, 0) is 19.7 Å². The average Bonchev–Trinajstić information content (AvgIpc) is 3.11. The molecule has 0 saturated carbocycles. The first-order valence-electron chi connectivity index (χ1n) is 12.1. The van der Waals surface area contributed by atoms with Crippen LogP contribution in [0.1, 0.15) is 57.9 Å². The first kappa shape index (κ1) is 23.7. The molecule has 0 unspecified atom stereocenters. The van der Waals surface area contributed by atoms with Crippen molar-refractivity contribution in [2.75, 3.05) is 44.2 Å². The number of amides is 2. The molecule has 8 heteroatoms. The number of ketones is 1. The van der Waals surface area contributed by atoms with E-state index in [1.54, 1.807) is 21.9 Å². The van der Waals surface area contributed by atoms with Crippen LogP contribution in [0.3, 0.4) is 0 Å². The fourth-order valence-corrected chi connectivity index (χ4v) is 5.65. The Morgan fingerprint density at radius 2 is 1.79 bits per heavy atom. The molecule has 0 atom stereocenters. The van der Waals surface area contributed by atoms with Gasteiger partial charge in [-0.05, 0) is 76.4 Å². The monoisotopic (exact) mass is 459 g/mol. The van der Waals surface area contributed by atoms with Crippen LogP contribution in [0.25, 0.3) is 0 Å². The van der Waals surface area contributed by atoms with Gasteiger partial charge in [0.25, 0.3) is 0 Å². The summed E-state index contributed by atoms with van der Waals surface area (Å²) in [6.07, 6.45) is 3.76. The summed E-state index contributed by atoms with van der Waals surface area (Å²) in [5.41, 5.74) is 1.47. The fraction of sp³-hybridized carbons (Fsp3) is 0.640. The smallest absolute Gasteiger partial charge is 0.409 e. The van der Waals surface area contributed by atoms with Gasteiger partial charge in [0.05, 0.1) is 6.61 Å². The van der Waals surface area contributed by atoms with Crippen LogP contribution in [-0.4, -0.2) is 73.0 Å². The summed E-state index contributed by atoms with van der Waals surface area (Å²) in [6.45, 7) is 7.44. The number of hydrogen-bond donors (Lipinski definition) is 0. The third-order valence-corrected chi connectivity index (χ3v) is 7.54. The Balaban J connectivity index is 1.41. The van der Waals surface area contributed by atoms with Crippen LogP contribution >= 0.6 is 0 Å². The van der Waals surface area contributed by atoms with Crippen molar-refractivity contribution >= 4 is 23.5 Å². The maximum atomic E-state index is 14.2. The molecule has 3 heterocycles. The SMILES string of the molecule is CCOC(=O)N1CCC(N2CCC3(CC2)CN(C(=O)CCC(C)=O)c2ccc(F)cc23)CC1. The number of carbonyl (C=O) groups excluding carboxylic acids is 3. The van der Waals surface area contributed by atoms with Gasteiger partial charge in [0, 0.05) is 49.6 Å². The molecular formula is C25H34FN3O4. The van der Waals surface area contributed by atoms with Crippen LogP contribution < -0.4 is 4.90 Å². The van der Waals surface area contributed by atoms with Crippen LogP contribution in [0.15, 0.2) is 18.2 Å². The van der Waals surface area contributed by atoms with Crippen LogP contribution in [0.4, 0.5) is 14.9 Å². The number of ether oxygens (including phenoxy) is 1. The lowest BCUT2D eigenvalue weighted by Crippen LogP contribution is -2.52. The lowest BCUT2D eigenvalue weighted by atomic mass is 9.74. The number of Topliss-reactive ketones (excluding diaryl/α,β-unsaturated/α-hetero) is 1. The molecule has 7 nitrogen and oxygen atoms in total. The number of nitrogens with zero attached hydrogens (tertiary/aromatic N) is 3. The van der Waals surface area contributed by atoms with E-state index in [0.29, 0.717) is 32.3 Å². The predicted molar refractivity (Wildman–Crippen MR) is 123 cm³/mol. The van der Waals surface area contributed by atoms with Crippen molar-refractivity contribution in [3.63, 3.8) is 0 Å². The van der Waals surface area contributed by atoms with Gasteiger partial charge >= 0.3 is 6.09 Å². The molecule has 180 valence electrons. The Kier molecular flexibility index (Phi) is 7.02. The van der Waals surface area contributed by atoms with Gasteiger partial charge in [-0.3, -0.25) is 4.79 Å². The Morgan fingerprint density at radius 3 is 2.42 bits per heavy atom. The number of benzene rings is 1. The third-order valence-electron chi connectivity index (χ3n) is 7.54. The normalized spacial score (nSPS) is 20.7. The van der Waals surface area contributed by atoms with Gasteiger partial charge in [-0.2, -0.15) is 0 Å². The van der Waals surface area contributed by atoms with E-state index in [1.165, 1.54) is 13.0 Å². The van der Waals surface area contributed by atoms with Crippen LogP contribution in [0.5, 0.6) is 0 Å². The Hall–Kier alpha value is -2.48. The maximum absolute atomic E-state index is 14.2. The highest BCUT2D eigenvalue weighted by Gasteiger charge is 2.47. The molecule has 2 saturated heterocycles. The van der Waals surface area contributed by atoms with Crippen LogP contribution in [0.2, 0.25) is 0 Å². The number of likely N-dealkylation sites (tertiary alicyclic amines) is 2. The first-order chi connectivity index (χ1) is 15.8. The van der Waals surface area contributed by atoms with Crippen molar-refractivity contribution in [3.05, 3.63) is 29.6 Å². The van der Waals surface area contributed by atoms with E-state index in [0.717, 1.165) is 50.0 Å². The minimum Gasteiger partial charge on any atom is -0.450 e. The predicted octanol–water partition coefficient (Wildman–Crippen LogP) is 3.50. The van der Waals surface area contributed by atoms with Crippen molar-refractivity contribution in [2.24, 2.45) is 0 Å². The number of halogens is 1. The Morgan fingerprint density at radius 1 is 1.09 bits per heavy atom. The number of rotatable bonds is 5. The molecule has 4 rings (SSSR count). The van der Waals surface area contributed by atoms with Gasteiger partial charge in [-0.25, -0.2) is 9.18 Å². The lowest BCUT2D eigenvalue weighted by Gasteiger charge is -2.45. The van der Waals surface area contributed by atoms with Crippen molar-refractivity contribution in [3.8, 4) is 0 Å². The summed E-state index contributed by atoms with van der Waals surface area (Å²) in [4.78, 5) is 42.3. The topological polar surface area (TPSA) is 70.2 Å². The standard InChI is InChI=1S/C25H34FN3O4/c1-3-33-24(32)28-12-8-20(9-13-28)27-14-10-25(11-15-27)17-29(23(31)7-4-18(2)30)22-6-5-19(26)16-21(22)25/h5-6,16,20H,3-4,7-15,17H2,1-2H3. The zero-order valence-electron chi connectivity index (χ0n) is 19.6. The van der Waals surface area contributed by atoms with Gasteiger partial charge < -0.3 is 24.2 Å². The summed E-state index contributed by atoms with van der Waals surface area (Å²) in [6, 6.07) is 5.15. The van der Waals surface area contributed by atoms with Crippen molar-refractivity contribution in [2.45, 2.75) is 63.8 Å². The summed E-state index contributed by atoms with van der Waals surface area (Å²) in [5, 5.41) is 0. The van der Waals surface area contributed by atoms with Crippen molar-refractivity contribution in [1.29, 1.82) is 0 Å². The number of carbonyl (C=O) groups is 3. The number of hydrogen-bond acceptors (Lipinski definition) is 5. The molecule has 1 spiro atoms. The molecular weight excluding hydrogens is 425 g/mol. The number of piperidine rings is 2. The Labute approximate surface area is 194 Å². The molecule has 0 bridgehead atoms. The molecule has 0 aromatic heterocycles. The van der Waals surface area contributed by atoms with E-state index in [9.17, 15) is 18.8 Å². The van der Waals surface area contributed by atoms with Gasteiger partial charge in [-0.1, -0.05) is 0 Å². The fourth-order valence-electron chi connectivity index (χ4n) is 5.65. The molecule has 33 heavy (non-hydrogen) atoms. The molecule has 2 fully saturated rings. The highest BCUT2D eigenvalue weighted by Crippen LogP contribution is 2.48. The Bertz CT molecular complexity index is 905. The summed E-state index contributed by atoms with van der Waals surface area (Å²) in [5.74, 6) is -0.345.